The predicted octanol–water partition coefficient (Wildman–Crippen LogP) is 1.94. The molecule has 118 valence electrons. The fraction of sp³-hybridized carbons (Fsp3) is 0.923. The van der Waals surface area contributed by atoms with Crippen LogP contribution in [0.3, 0.4) is 0 Å². The lowest BCUT2D eigenvalue weighted by molar-refractivity contribution is -0.148. The summed E-state index contributed by atoms with van der Waals surface area (Å²) in [6.07, 6.45) is -1.40. The molecular weight excluding hydrogens is 273 g/mol. The number of hydrogen-bond donors (Lipinski definition) is 1. The van der Waals surface area contributed by atoms with E-state index in [1.807, 2.05) is 6.92 Å². The van der Waals surface area contributed by atoms with Crippen LogP contribution in [0.5, 0.6) is 0 Å². The third kappa shape index (κ3) is 6.56. The highest BCUT2D eigenvalue weighted by Crippen LogP contribution is 2.30. The Morgan fingerprint density at radius 2 is 2.10 bits per heavy atom. The third-order valence-electron chi connectivity index (χ3n) is 3.28. The molecule has 0 aromatic heterocycles. The minimum absolute atomic E-state index is 0.0149. The standard InChI is InChI=1S/C13H23F3N2O2/c1-3-7-17-11(12(19)20-2)6-8-18(10-4-5-10)9-13(14,15)16/h10-11,17H,3-9H2,1-2H3. The fourth-order valence-corrected chi connectivity index (χ4v) is 2.12. The lowest BCUT2D eigenvalue weighted by atomic mass is 10.2. The van der Waals surface area contributed by atoms with E-state index < -0.39 is 24.7 Å². The number of carbonyl (C=O) groups is 1. The van der Waals surface area contributed by atoms with Crippen LogP contribution < -0.4 is 5.32 Å². The van der Waals surface area contributed by atoms with Gasteiger partial charge in [-0.05, 0) is 32.2 Å². The summed E-state index contributed by atoms with van der Waals surface area (Å²) in [6, 6.07) is -0.518. The highest BCUT2D eigenvalue weighted by molar-refractivity contribution is 5.75. The number of methoxy groups -OCH3 is 1. The predicted molar refractivity (Wildman–Crippen MR) is 69.4 cm³/mol. The Balaban J connectivity index is 2.47. The highest BCUT2D eigenvalue weighted by Gasteiger charge is 2.38. The molecule has 1 N–H and O–H groups in total. The molecule has 0 heterocycles. The summed E-state index contributed by atoms with van der Waals surface area (Å²) in [5.74, 6) is -0.416. The second-order valence-electron chi connectivity index (χ2n) is 5.14. The zero-order valence-corrected chi connectivity index (χ0v) is 12.0. The molecule has 1 rings (SSSR count). The number of nitrogens with zero attached hydrogens (tertiary/aromatic N) is 1. The van der Waals surface area contributed by atoms with Gasteiger partial charge in [-0.15, -0.1) is 0 Å². The summed E-state index contributed by atoms with van der Waals surface area (Å²) >= 11 is 0. The minimum Gasteiger partial charge on any atom is -0.468 e. The maximum Gasteiger partial charge on any atom is 0.401 e. The molecule has 0 aliphatic heterocycles. The topological polar surface area (TPSA) is 41.6 Å². The molecule has 7 heteroatoms. The molecule has 1 atom stereocenters. The summed E-state index contributed by atoms with van der Waals surface area (Å²) in [6.45, 7) is 1.95. The molecule has 0 radical (unpaired) electrons. The van der Waals surface area contributed by atoms with E-state index in [2.05, 4.69) is 10.1 Å². The van der Waals surface area contributed by atoms with E-state index in [4.69, 9.17) is 0 Å². The molecule has 0 amide bonds. The largest absolute Gasteiger partial charge is 0.468 e. The van der Waals surface area contributed by atoms with Crippen LogP contribution in [-0.4, -0.2) is 55.9 Å². The van der Waals surface area contributed by atoms with Gasteiger partial charge in [-0.3, -0.25) is 9.69 Å². The van der Waals surface area contributed by atoms with Gasteiger partial charge in [0.05, 0.1) is 13.7 Å². The van der Waals surface area contributed by atoms with Crippen molar-refractivity contribution in [3.05, 3.63) is 0 Å². The zero-order chi connectivity index (χ0) is 15.2. The smallest absolute Gasteiger partial charge is 0.401 e. The van der Waals surface area contributed by atoms with Gasteiger partial charge in [0.25, 0.3) is 0 Å². The number of carbonyl (C=O) groups excluding carboxylic acids is 1. The van der Waals surface area contributed by atoms with Crippen molar-refractivity contribution >= 4 is 5.97 Å². The second-order valence-corrected chi connectivity index (χ2v) is 5.14. The Bertz CT molecular complexity index is 306. The molecule has 0 aromatic carbocycles. The number of ether oxygens (including phenoxy) is 1. The number of hydrogen-bond acceptors (Lipinski definition) is 4. The molecule has 4 nitrogen and oxygen atoms in total. The molecule has 1 aliphatic carbocycles. The minimum atomic E-state index is -4.19. The number of halogens is 3. The lowest BCUT2D eigenvalue weighted by Crippen LogP contribution is -2.43. The van der Waals surface area contributed by atoms with Crippen LogP contribution in [-0.2, 0) is 9.53 Å². The molecule has 0 spiro atoms. The van der Waals surface area contributed by atoms with Gasteiger partial charge in [0, 0.05) is 12.6 Å². The van der Waals surface area contributed by atoms with Gasteiger partial charge in [-0.1, -0.05) is 6.92 Å². The van der Waals surface area contributed by atoms with Crippen molar-refractivity contribution in [2.45, 2.75) is 50.9 Å². The average Bonchev–Trinajstić information content (AvgIpc) is 3.19. The van der Waals surface area contributed by atoms with Gasteiger partial charge in [-0.2, -0.15) is 13.2 Å². The zero-order valence-electron chi connectivity index (χ0n) is 12.0. The van der Waals surface area contributed by atoms with Crippen LogP contribution in [0.15, 0.2) is 0 Å². The van der Waals surface area contributed by atoms with Crippen LogP contribution in [0.1, 0.15) is 32.6 Å². The summed E-state index contributed by atoms with van der Waals surface area (Å²) in [5.41, 5.74) is 0. The van der Waals surface area contributed by atoms with Crippen molar-refractivity contribution in [3.8, 4) is 0 Å². The van der Waals surface area contributed by atoms with E-state index in [-0.39, 0.29) is 12.6 Å². The molecule has 0 saturated heterocycles. The van der Waals surface area contributed by atoms with Gasteiger partial charge < -0.3 is 10.1 Å². The summed E-state index contributed by atoms with van der Waals surface area (Å²) in [5, 5.41) is 3.02. The molecule has 1 saturated carbocycles. The van der Waals surface area contributed by atoms with Crippen LogP contribution in [0.2, 0.25) is 0 Å². The first-order valence-corrected chi connectivity index (χ1v) is 6.99. The maximum absolute atomic E-state index is 12.5. The van der Waals surface area contributed by atoms with Gasteiger partial charge in [0.2, 0.25) is 0 Å². The molecule has 1 unspecified atom stereocenters. The summed E-state index contributed by atoms with van der Waals surface area (Å²) < 4.78 is 42.2. The average molecular weight is 296 g/mol. The fourth-order valence-electron chi connectivity index (χ4n) is 2.12. The number of alkyl halides is 3. The van der Waals surface area contributed by atoms with Crippen LogP contribution in [0.4, 0.5) is 13.2 Å². The normalized spacial score (nSPS) is 17.3. The Hall–Kier alpha value is -0.820. The summed E-state index contributed by atoms with van der Waals surface area (Å²) in [4.78, 5) is 13.0. The number of esters is 1. The van der Waals surface area contributed by atoms with E-state index in [1.165, 1.54) is 12.0 Å². The Labute approximate surface area is 117 Å². The van der Waals surface area contributed by atoms with Gasteiger partial charge in [0.1, 0.15) is 6.04 Å². The maximum atomic E-state index is 12.5. The van der Waals surface area contributed by atoms with E-state index in [0.717, 1.165) is 19.3 Å². The molecule has 0 aromatic rings. The van der Waals surface area contributed by atoms with Gasteiger partial charge in [0.15, 0.2) is 0 Å². The second kappa shape index (κ2) is 7.83. The van der Waals surface area contributed by atoms with E-state index in [0.29, 0.717) is 13.0 Å². The van der Waals surface area contributed by atoms with Crippen LogP contribution >= 0.6 is 0 Å². The van der Waals surface area contributed by atoms with E-state index in [1.54, 1.807) is 0 Å². The Morgan fingerprint density at radius 3 is 2.55 bits per heavy atom. The highest BCUT2D eigenvalue weighted by atomic mass is 19.4. The lowest BCUT2D eigenvalue weighted by Gasteiger charge is -2.25. The first-order chi connectivity index (χ1) is 9.37. The van der Waals surface area contributed by atoms with Crippen molar-refractivity contribution in [2.24, 2.45) is 0 Å². The molecular formula is C13H23F3N2O2. The van der Waals surface area contributed by atoms with E-state index >= 15 is 0 Å². The van der Waals surface area contributed by atoms with Crippen molar-refractivity contribution in [1.29, 1.82) is 0 Å². The third-order valence-corrected chi connectivity index (χ3v) is 3.28. The SMILES string of the molecule is CCCNC(CCN(CC(F)(F)F)C1CC1)C(=O)OC. The number of rotatable bonds is 9. The van der Waals surface area contributed by atoms with Crippen LogP contribution in [0, 0.1) is 0 Å². The first kappa shape index (κ1) is 17.2. The van der Waals surface area contributed by atoms with Crippen molar-refractivity contribution in [2.75, 3.05) is 26.7 Å². The van der Waals surface area contributed by atoms with Crippen molar-refractivity contribution < 1.29 is 22.7 Å². The quantitative estimate of drug-likeness (QED) is 0.660. The summed E-state index contributed by atoms with van der Waals surface area (Å²) in [7, 11) is 1.29. The molecule has 1 aliphatic rings. The van der Waals surface area contributed by atoms with Gasteiger partial charge >= 0.3 is 12.1 Å². The van der Waals surface area contributed by atoms with Crippen LogP contribution in [0.25, 0.3) is 0 Å². The van der Waals surface area contributed by atoms with Crippen molar-refractivity contribution in [1.82, 2.24) is 10.2 Å². The molecule has 20 heavy (non-hydrogen) atoms. The van der Waals surface area contributed by atoms with Crippen molar-refractivity contribution in [3.63, 3.8) is 0 Å². The van der Waals surface area contributed by atoms with E-state index in [9.17, 15) is 18.0 Å². The van der Waals surface area contributed by atoms with Gasteiger partial charge in [-0.25, -0.2) is 0 Å². The monoisotopic (exact) mass is 296 g/mol. The molecule has 1 fully saturated rings. The first-order valence-electron chi connectivity index (χ1n) is 6.99. The number of nitrogens with one attached hydrogen (secondary N) is 1. The Morgan fingerprint density at radius 1 is 1.45 bits per heavy atom. The Kier molecular flexibility index (Phi) is 6.75. The molecule has 0 bridgehead atoms.